The Bertz CT molecular complexity index is 937. The first-order chi connectivity index (χ1) is 13.2. The molecule has 4 rings (SSSR count). The van der Waals surface area contributed by atoms with Crippen LogP contribution in [0.2, 0.25) is 0 Å². The molecule has 1 aliphatic carbocycles. The third-order valence-electron chi connectivity index (χ3n) is 5.53. The predicted molar refractivity (Wildman–Crippen MR) is 113 cm³/mol. The van der Waals surface area contributed by atoms with Gasteiger partial charge in [0.15, 0.2) is 0 Å². The van der Waals surface area contributed by atoms with Crippen LogP contribution in [0.15, 0.2) is 60.8 Å². The summed E-state index contributed by atoms with van der Waals surface area (Å²) in [6, 6.07) is 16.4. The van der Waals surface area contributed by atoms with Crippen molar-refractivity contribution in [1.82, 2.24) is 4.98 Å². The molecule has 1 aromatic heterocycles. The lowest BCUT2D eigenvalue weighted by atomic mass is 9.77. The van der Waals surface area contributed by atoms with Crippen molar-refractivity contribution in [1.29, 1.82) is 0 Å². The van der Waals surface area contributed by atoms with Gasteiger partial charge in [0.25, 0.3) is 0 Å². The number of para-hydroxylation sites is 1. The maximum atomic E-state index is 12.9. The van der Waals surface area contributed by atoms with Gasteiger partial charge in [0.1, 0.15) is 5.82 Å². The molecule has 1 saturated carbocycles. The third kappa shape index (κ3) is 4.87. The Labute approximate surface area is 170 Å². The fourth-order valence-corrected chi connectivity index (χ4v) is 4.02. The lowest BCUT2D eigenvalue weighted by molar-refractivity contribution is -0.117. The lowest BCUT2D eigenvalue weighted by Crippen LogP contribution is -2.20. The number of fused-ring (bicyclic) bond motifs is 1. The van der Waals surface area contributed by atoms with Crippen LogP contribution in [0.1, 0.15) is 43.6 Å². The molecule has 5 heteroatoms. The smallest absolute Gasteiger partial charge is 0.224 e. The van der Waals surface area contributed by atoms with Gasteiger partial charge in [-0.2, -0.15) is 0 Å². The summed E-state index contributed by atoms with van der Waals surface area (Å²) in [5.41, 5.74) is 2.99. The molecular formula is C23H24ClFN2O. The van der Waals surface area contributed by atoms with Crippen LogP contribution in [0.4, 0.5) is 10.1 Å². The van der Waals surface area contributed by atoms with Crippen molar-refractivity contribution in [2.75, 3.05) is 5.32 Å². The Kier molecular flexibility index (Phi) is 6.63. The monoisotopic (exact) mass is 398 g/mol. The van der Waals surface area contributed by atoms with Gasteiger partial charge >= 0.3 is 0 Å². The summed E-state index contributed by atoms with van der Waals surface area (Å²) < 4.78 is 12.9. The quantitative estimate of drug-likeness (QED) is 0.577. The van der Waals surface area contributed by atoms with E-state index in [1.807, 2.05) is 24.4 Å². The van der Waals surface area contributed by atoms with E-state index in [1.165, 1.54) is 23.1 Å². The topological polar surface area (TPSA) is 42.0 Å². The first-order valence-electron chi connectivity index (χ1n) is 9.57. The molecule has 0 atom stereocenters. The number of pyridine rings is 1. The predicted octanol–water partition coefficient (Wildman–Crippen LogP) is 6.10. The molecule has 1 heterocycles. The maximum Gasteiger partial charge on any atom is 0.224 e. The van der Waals surface area contributed by atoms with E-state index in [-0.39, 0.29) is 24.1 Å². The fraction of sp³-hybridized carbons (Fsp3) is 0.304. The highest BCUT2D eigenvalue weighted by Crippen LogP contribution is 2.37. The second kappa shape index (κ2) is 9.16. The van der Waals surface area contributed by atoms with Crippen LogP contribution in [0.25, 0.3) is 10.9 Å². The Hall–Kier alpha value is -2.46. The van der Waals surface area contributed by atoms with Crippen LogP contribution in [0.3, 0.4) is 0 Å². The van der Waals surface area contributed by atoms with Crippen molar-refractivity contribution in [2.45, 2.75) is 38.0 Å². The molecule has 1 N–H and O–H groups in total. The van der Waals surface area contributed by atoms with Crippen LogP contribution >= 0.6 is 12.4 Å². The number of hydrogen-bond acceptors (Lipinski definition) is 2. The molecule has 1 aliphatic rings. The highest BCUT2D eigenvalue weighted by molar-refractivity contribution is 5.90. The number of halogens is 2. The molecule has 3 aromatic rings. The number of rotatable bonds is 4. The van der Waals surface area contributed by atoms with E-state index in [0.717, 1.165) is 31.2 Å². The second-order valence-electron chi connectivity index (χ2n) is 7.44. The number of nitrogens with zero attached hydrogens (tertiary/aromatic N) is 1. The average molecular weight is 399 g/mol. The first-order valence-corrected chi connectivity index (χ1v) is 9.57. The van der Waals surface area contributed by atoms with E-state index in [4.69, 9.17) is 0 Å². The molecule has 146 valence electrons. The third-order valence-corrected chi connectivity index (χ3v) is 5.53. The van der Waals surface area contributed by atoms with Gasteiger partial charge in [0, 0.05) is 23.7 Å². The Morgan fingerprint density at radius 1 is 1.04 bits per heavy atom. The molecule has 0 saturated heterocycles. The normalized spacial score (nSPS) is 19.0. The van der Waals surface area contributed by atoms with E-state index in [9.17, 15) is 9.18 Å². The summed E-state index contributed by atoms with van der Waals surface area (Å²) in [4.78, 5) is 16.8. The van der Waals surface area contributed by atoms with E-state index >= 15 is 0 Å². The minimum atomic E-state index is -0.297. The molecule has 0 bridgehead atoms. The van der Waals surface area contributed by atoms with Gasteiger partial charge in [-0.15, -0.1) is 12.4 Å². The number of amides is 1. The summed E-state index contributed by atoms with van der Waals surface area (Å²) in [5, 5.41) is 4.05. The molecular weight excluding hydrogens is 375 g/mol. The van der Waals surface area contributed by atoms with Crippen LogP contribution in [-0.2, 0) is 4.79 Å². The number of carbonyl (C=O) groups excluding carboxylic acids is 1. The zero-order chi connectivity index (χ0) is 18.6. The van der Waals surface area contributed by atoms with Crippen LogP contribution in [-0.4, -0.2) is 10.9 Å². The minimum absolute atomic E-state index is 0. The highest BCUT2D eigenvalue weighted by atomic mass is 35.5. The van der Waals surface area contributed by atoms with Crippen LogP contribution in [0, 0.1) is 11.7 Å². The average Bonchev–Trinajstić information content (AvgIpc) is 2.70. The Morgan fingerprint density at radius 3 is 2.50 bits per heavy atom. The van der Waals surface area contributed by atoms with Crippen LogP contribution in [0.5, 0.6) is 0 Å². The summed E-state index contributed by atoms with van der Waals surface area (Å²) in [5.74, 6) is 0.653. The number of hydrogen-bond donors (Lipinski definition) is 1. The standard InChI is InChI=1S/C23H23FN2O.ClH/c24-20-9-11-21(12-10-20)26-23(27)13-16-5-7-17(8-6-16)19-14-18-3-1-2-4-22(18)25-15-19;/h1-4,9-12,14-17H,5-8,13H2,(H,26,27);1H/t16-,17-;. The van der Waals surface area contributed by atoms with Gasteiger partial charge in [-0.05, 0) is 79.5 Å². The number of aromatic nitrogens is 1. The Morgan fingerprint density at radius 2 is 1.75 bits per heavy atom. The molecule has 1 amide bonds. The summed E-state index contributed by atoms with van der Waals surface area (Å²) in [6.07, 6.45) is 6.82. The van der Waals surface area contributed by atoms with Crippen molar-refractivity contribution in [3.05, 3.63) is 72.2 Å². The number of benzene rings is 2. The molecule has 0 radical (unpaired) electrons. The minimum Gasteiger partial charge on any atom is -0.326 e. The molecule has 0 unspecified atom stereocenters. The van der Waals surface area contributed by atoms with Crippen molar-refractivity contribution in [2.24, 2.45) is 5.92 Å². The second-order valence-corrected chi connectivity index (χ2v) is 7.44. The van der Waals surface area contributed by atoms with Gasteiger partial charge in [-0.3, -0.25) is 9.78 Å². The van der Waals surface area contributed by atoms with E-state index in [2.05, 4.69) is 22.4 Å². The van der Waals surface area contributed by atoms with Crippen molar-refractivity contribution < 1.29 is 9.18 Å². The molecule has 2 aromatic carbocycles. The number of anilines is 1. The zero-order valence-corrected chi connectivity index (χ0v) is 16.4. The summed E-state index contributed by atoms with van der Waals surface area (Å²) in [6.45, 7) is 0. The van der Waals surface area contributed by atoms with Gasteiger partial charge in [-0.25, -0.2) is 4.39 Å². The van der Waals surface area contributed by atoms with E-state index < -0.39 is 0 Å². The van der Waals surface area contributed by atoms with Crippen molar-refractivity contribution in [3.8, 4) is 0 Å². The molecule has 0 aliphatic heterocycles. The lowest BCUT2D eigenvalue weighted by Gasteiger charge is -2.28. The van der Waals surface area contributed by atoms with Gasteiger partial charge in [0.05, 0.1) is 5.52 Å². The SMILES string of the molecule is Cl.O=C(C[C@H]1CC[C@H](c2cnc3ccccc3c2)CC1)Nc1ccc(F)cc1. The van der Waals surface area contributed by atoms with E-state index in [0.29, 0.717) is 23.9 Å². The van der Waals surface area contributed by atoms with Crippen molar-refractivity contribution >= 4 is 34.9 Å². The Balaban J connectivity index is 0.00000225. The van der Waals surface area contributed by atoms with Crippen molar-refractivity contribution in [3.63, 3.8) is 0 Å². The molecule has 1 fully saturated rings. The number of nitrogens with one attached hydrogen (secondary N) is 1. The first kappa shape index (κ1) is 20.3. The maximum absolute atomic E-state index is 12.9. The van der Waals surface area contributed by atoms with Gasteiger partial charge < -0.3 is 5.32 Å². The zero-order valence-electron chi connectivity index (χ0n) is 15.6. The molecule has 0 spiro atoms. The van der Waals surface area contributed by atoms with Gasteiger partial charge in [-0.1, -0.05) is 18.2 Å². The molecule has 28 heavy (non-hydrogen) atoms. The van der Waals surface area contributed by atoms with E-state index in [1.54, 1.807) is 12.1 Å². The highest BCUT2D eigenvalue weighted by Gasteiger charge is 2.24. The summed E-state index contributed by atoms with van der Waals surface area (Å²) in [7, 11) is 0. The van der Waals surface area contributed by atoms with Crippen LogP contribution < -0.4 is 5.32 Å². The fourth-order valence-electron chi connectivity index (χ4n) is 4.02. The summed E-state index contributed by atoms with van der Waals surface area (Å²) >= 11 is 0. The molecule has 3 nitrogen and oxygen atoms in total. The number of carbonyl (C=O) groups is 1. The van der Waals surface area contributed by atoms with Gasteiger partial charge in [0.2, 0.25) is 5.91 Å². The largest absolute Gasteiger partial charge is 0.326 e.